The SMILES string of the molecule is O=C1N=C2C=C(Cl)N=CC2C=C1Br. The number of hydrogen-bond acceptors (Lipinski definition) is 2. The van der Waals surface area contributed by atoms with Gasteiger partial charge in [0.1, 0.15) is 5.16 Å². The quantitative estimate of drug-likeness (QED) is 0.614. The van der Waals surface area contributed by atoms with Gasteiger partial charge < -0.3 is 0 Å². The van der Waals surface area contributed by atoms with E-state index in [1.165, 1.54) is 0 Å². The van der Waals surface area contributed by atoms with Gasteiger partial charge in [0.05, 0.1) is 16.1 Å². The number of dihydropyridines is 1. The molecule has 0 saturated heterocycles. The molecule has 2 aliphatic rings. The highest BCUT2D eigenvalue weighted by atomic mass is 79.9. The molecule has 3 nitrogen and oxygen atoms in total. The van der Waals surface area contributed by atoms with Crippen molar-refractivity contribution in [2.45, 2.75) is 0 Å². The van der Waals surface area contributed by atoms with Crippen molar-refractivity contribution < 1.29 is 4.79 Å². The molecule has 0 aliphatic carbocycles. The lowest BCUT2D eigenvalue weighted by Crippen LogP contribution is -2.21. The zero-order chi connectivity index (χ0) is 9.42. The van der Waals surface area contributed by atoms with Crippen LogP contribution in [0.15, 0.2) is 31.8 Å². The Morgan fingerprint density at radius 1 is 1.54 bits per heavy atom. The number of aliphatic imine (C=N–C) groups is 2. The van der Waals surface area contributed by atoms with Gasteiger partial charge in [0.2, 0.25) is 0 Å². The molecule has 0 aromatic rings. The van der Waals surface area contributed by atoms with Gasteiger partial charge in [-0.3, -0.25) is 4.79 Å². The summed E-state index contributed by atoms with van der Waals surface area (Å²) >= 11 is 8.78. The van der Waals surface area contributed by atoms with Gasteiger partial charge in [0.25, 0.3) is 5.91 Å². The number of rotatable bonds is 0. The molecule has 13 heavy (non-hydrogen) atoms. The Morgan fingerprint density at radius 2 is 2.31 bits per heavy atom. The summed E-state index contributed by atoms with van der Waals surface area (Å²) < 4.78 is 0.471. The number of halogens is 2. The van der Waals surface area contributed by atoms with Crippen molar-refractivity contribution in [3.8, 4) is 0 Å². The minimum absolute atomic E-state index is 0.0328. The maximum atomic E-state index is 11.1. The molecule has 66 valence electrons. The third-order valence-electron chi connectivity index (χ3n) is 1.73. The van der Waals surface area contributed by atoms with Gasteiger partial charge in [-0.15, -0.1) is 0 Å². The van der Waals surface area contributed by atoms with Gasteiger partial charge in [-0.2, -0.15) is 0 Å². The molecule has 0 aromatic heterocycles. The van der Waals surface area contributed by atoms with Gasteiger partial charge in [-0.05, 0) is 22.0 Å². The molecule has 0 aromatic carbocycles. The molecule has 5 heteroatoms. The third kappa shape index (κ3) is 1.64. The standard InChI is InChI=1S/C8H4BrClN2O/c9-5-1-4-3-11-7(10)2-6(4)12-8(5)13/h1-4H. The van der Waals surface area contributed by atoms with Crippen molar-refractivity contribution >= 4 is 45.4 Å². The van der Waals surface area contributed by atoms with Crippen LogP contribution in [0.1, 0.15) is 0 Å². The van der Waals surface area contributed by atoms with E-state index in [1.807, 2.05) is 0 Å². The molecule has 0 bridgehead atoms. The number of carbonyl (C=O) groups is 1. The Kier molecular flexibility index (Phi) is 2.17. The highest BCUT2D eigenvalue weighted by molar-refractivity contribution is 9.12. The maximum absolute atomic E-state index is 11.1. The van der Waals surface area contributed by atoms with E-state index in [0.717, 1.165) is 0 Å². The minimum atomic E-state index is -0.276. The number of amides is 1. The highest BCUT2D eigenvalue weighted by Gasteiger charge is 2.22. The van der Waals surface area contributed by atoms with Crippen LogP contribution in [0.5, 0.6) is 0 Å². The zero-order valence-corrected chi connectivity index (χ0v) is 8.71. The van der Waals surface area contributed by atoms with Gasteiger partial charge in [0, 0.05) is 6.21 Å². The summed E-state index contributed by atoms with van der Waals surface area (Å²) in [6.45, 7) is 0. The van der Waals surface area contributed by atoms with Crippen LogP contribution in [0.3, 0.4) is 0 Å². The fourth-order valence-corrected chi connectivity index (χ4v) is 1.66. The van der Waals surface area contributed by atoms with Crippen LogP contribution in [0.25, 0.3) is 0 Å². The Bertz CT molecular complexity index is 395. The Morgan fingerprint density at radius 3 is 3.08 bits per heavy atom. The lowest BCUT2D eigenvalue weighted by atomic mass is 10.0. The Balaban J connectivity index is 2.41. The first kappa shape index (κ1) is 8.84. The summed E-state index contributed by atoms with van der Waals surface area (Å²) in [5.74, 6) is -0.308. The molecular formula is C8H4BrClN2O. The second-order valence-electron chi connectivity index (χ2n) is 2.63. The average molecular weight is 259 g/mol. The molecule has 0 spiro atoms. The number of allylic oxidation sites excluding steroid dienone is 2. The van der Waals surface area contributed by atoms with Crippen LogP contribution in [-0.2, 0) is 4.79 Å². The van der Waals surface area contributed by atoms with E-state index in [2.05, 4.69) is 25.9 Å². The molecule has 1 atom stereocenters. The fourth-order valence-electron chi connectivity index (χ4n) is 1.12. The van der Waals surface area contributed by atoms with Gasteiger partial charge >= 0.3 is 0 Å². The first-order chi connectivity index (χ1) is 6.16. The lowest BCUT2D eigenvalue weighted by molar-refractivity contribution is -0.113. The molecular weight excluding hydrogens is 255 g/mol. The van der Waals surface area contributed by atoms with E-state index in [9.17, 15) is 4.79 Å². The van der Waals surface area contributed by atoms with Gasteiger partial charge in [-0.25, -0.2) is 9.98 Å². The summed E-state index contributed by atoms with van der Waals surface area (Å²) in [6.07, 6.45) is 5.02. The van der Waals surface area contributed by atoms with E-state index >= 15 is 0 Å². The van der Waals surface area contributed by atoms with Crippen molar-refractivity contribution in [3.63, 3.8) is 0 Å². The molecule has 1 unspecified atom stereocenters. The molecule has 2 rings (SSSR count). The van der Waals surface area contributed by atoms with Crippen molar-refractivity contribution in [1.82, 2.24) is 0 Å². The predicted octanol–water partition coefficient (Wildman–Crippen LogP) is 2.03. The van der Waals surface area contributed by atoms with Crippen LogP contribution < -0.4 is 0 Å². The van der Waals surface area contributed by atoms with Crippen molar-refractivity contribution in [3.05, 3.63) is 21.8 Å². The monoisotopic (exact) mass is 258 g/mol. The molecule has 0 saturated carbocycles. The maximum Gasteiger partial charge on any atom is 0.283 e. The third-order valence-corrected chi connectivity index (χ3v) is 2.54. The number of nitrogens with zero attached hydrogens (tertiary/aromatic N) is 2. The number of carbonyl (C=O) groups excluding carboxylic acids is 1. The molecule has 1 amide bonds. The van der Waals surface area contributed by atoms with Crippen LogP contribution in [0.4, 0.5) is 0 Å². The summed E-state index contributed by atoms with van der Waals surface area (Å²) in [6, 6.07) is 0. The number of hydrogen-bond donors (Lipinski definition) is 0. The largest absolute Gasteiger partial charge is 0.283 e. The summed E-state index contributed by atoms with van der Waals surface area (Å²) in [7, 11) is 0. The predicted molar refractivity (Wildman–Crippen MR) is 55.4 cm³/mol. The molecule has 0 N–H and O–H groups in total. The summed E-state index contributed by atoms with van der Waals surface area (Å²) in [5, 5.41) is 0.356. The fraction of sp³-hybridized carbons (Fsp3) is 0.125. The van der Waals surface area contributed by atoms with Gasteiger partial charge in [0.15, 0.2) is 0 Å². The van der Waals surface area contributed by atoms with E-state index in [4.69, 9.17) is 11.6 Å². The molecule has 2 heterocycles. The van der Waals surface area contributed by atoms with Crippen LogP contribution in [-0.4, -0.2) is 17.8 Å². The van der Waals surface area contributed by atoms with Crippen molar-refractivity contribution in [2.75, 3.05) is 0 Å². The van der Waals surface area contributed by atoms with Crippen LogP contribution in [0, 0.1) is 5.92 Å². The smallest absolute Gasteiger partial charge is 0.266 e. The zero-order valence-electron chi connectivity index (χ0n) is 6.37. The molecule has 0 fully saturated rings. The summed E-state index contributed by atoms with van der Waals surface area (Å²) in [5.41, 5.74) is 0.646. The second-order valence-corrected chi connectivity index (χ2v) is 3.87. The minimum Gasteiger partial charge on any atom is -0.266 e. The van der Waals surface area contributed by atoms with E-state index < -0.39 is 0 Å². The first-order valence-corrected chi connectivity index (χ1v) is 4.75. The van der Waals surface area contributed by atoms with Crippen LogP contribution in [0.2, 0.25) is 0 Å². The average Bonchev–Trinajstić information content (AvgIpc) is 2.08. The van der Waals surface area contributed by atoms with E-state index in [0.29, 0.717) is 15.4 Å². The Labute approximate surface area is 88.0 Å². The van der Waals surface area contributed by atoms with Crippen molar-refractivity contribution in [2.24, 2.45) is 15.9 Å². The molecule has 0 radical (unpaired) electrons. The van der Waals surface area contributed by atoms with E-state index in [1.54, 1.807) is 18.4 Å². The Hall–Kier alpha value is -0.740. The highest BCUT2D eigenvalue weighted by Crippen LogP contribution is 2.22. The first-order valence-electron chi connectivity index (χ1n) is 3.58. The van der Waals surface area contributed by atoms with Gasteiger partial charge in [-0.1, -0.05) is 17.7 Å². The lowest BCUT2D eigenvalue weighted by Gasteiger charge is -2.15. The van der Waals surface area contributed by atoms with E-state index in [-0.39, 0.29) is 11.8 Å². The summed E-state index contributed by atoms with van der Waals surface area (Å²) in [4.78, 5) is 18.9. The topological polar surface area (TPSA) is 41.8 Å². The van der Waals surface area contributed by atoms with Crippen LogP contribution >= 0.6 is 27.5 Å². The number of fused-ring (bicyclic) bond motifs is 1. The normalized spacial score (nSPS) is 26.2. The van der Waals surface area contributed by atoms with Crippen molar-refractivity contribution in [1.29, 1.82) is 0 Å². The molecule has 2 aliphatic heterocycles. The second kappa shape index (κ2) is 3.20.